The topological polar surface area (TPSA) is 101 Å². The molecule has 8 heteroatoms. The lowest BCUT2D eigenvalue weighted by atomic mass is 10.2. The highest BCUT2D eigenvalue weighted by molar-refractivity contribution is 7.92. The van der Waals surface area contributed by atoms with Gasteiger partial charge in [0.2, 0.25) is 0 Å². The number of nitrogens with one attached hydrogen (secondary N) is 1. The van der Waals surface area contributed by atoms with E-state index in [1.54, 1.807) is 11.5 Å². The average molecular weight is 309 g/mol. The van der Waals surface area contributed by atoms with Gasteiger partial charge in [-0.2, -0.15) is 8.42 Å². The zero-order valence-electron chi connectivity index (χ0n) is 11.6. The molecule has 112 valence electrons. The smallest absolute Gasteiger partial charge is 0.335 e. The van der Waals surface area contributed by atoms with E-state index >= 15 is 0 Å². The van der Waals surface area contributed by atoms with Gasteiger partial charge in [-0.25, -0.2) is 9.78 Å². The van der Waals surface area contributed by atoms with E-state index in [1.807, 2.05) is 6.92 Å². The lowest BCUT2D eigenvalue weighted by Gasteiger charge is -2.05. The molecule has 0 aliphatic carbocycles. The van der Waals surface area contributed by atoms with Gasteiger partial charge in [-0.3, -0.25) is 4.72 Å². The molecule has 2 aromatic rings. The summed E-state index contributed by atoms with van der Waals surface area (Å²) in [6.07, 6.45) is 1.46. The lowest BCUT2D eigenvalue weighted by Crippen LogP contribution is -2.13. The highest BCUT2D eigenvalue weighted by Crippen LogP contribution is 2.16. The lowest BCUT2D eigenvalue weighted by molar-refractivity contribution is 0.0697. The Bertz CT molecular complexity index is 763. The van der Waals surface area contributed by atoms with Crippen molar-refractivity contribution in [2.24, 2.45) is 0 Å². The number of hydrogen-bond acceptors (Lipinski definition) is 4. The van der Waals surface area contributed by atoms with Crippen LogP contribution in [-0.4, -0.2) is 29.0 Å². The summed E-state index contributed by atoms with van der Waals surface area (Å²) in [7, 11) is -3.79. The van der Waals surface area contributed by atoms with Crippen molar-refractivity contribution < 1.29 is 18.3 Å². The number of carbonyl (C=O) groups is 1. The van der Waals surface area contributed by atoms with Crippen LogP contribution in [-0.2, 0) is 16.6 Å². The summed E-state index contributed by atoms with van der Waals surface area (Å²) in [4.78, 5) is 14.8. The van der Waals surface area contributed by atoms with E-state index < -0.39 is 16.0 Å². The molecule has 1 heterocycles. The first-order chi connectivity index (χ1) is 9.83. The molecule has 0 spiro atoms. The Kier molecular flexibility index (Phi) is 3.99. The molecule has 0 fully saturated rings. The van der Waals surface area contributed by atoms with Gasteiger partial charge < -0.3 is 9.67 Å². The van der Waals surface area contributed by atoms with Crippen molar-refractivity contribution in [3.63, 3.8) is 0 Å². The van der Waals surface area contributed by atoms with Gasteiger partial charge in [-0.05, 0) is 38.1 Å². The van der Waals surface area contributed by atoms with Crippen molar-refractivity contribution in [2.45, 2.75) is 25.4 Å². The molecule has 1 aromatic carbocycles. The van der Waals surface area contributed by atoms with E-state index in [0.717, 1.165) is 0 Å². The zero-order valence-corrected chi connectivity index (χ0v) is 12.4. The molecule has 0 saturated carbocycles. The molecule has 0 unspecified atom stereocenters. The predicted octanol–water partition coefficient (Wildman–Crippen LogP) is 1.71. The predicted molar refractivity (Wildman–Crippen MR) is 76.8 cm³/mol. The second kappa shape index (κ2) is 5.57. The second-order valence-corrected chi connectivity index (χ2v) is 6.03. The van der Waals surface area contributed by atoms with Crippen molar-refractivity contribution in [3.8, 4) is 0 Å². The third kappa shape index (κ3) is 3.22. The van der Waals surface area contributed by atoms with Crippen molar-refractivity contribution >= 4 is 21.7 Å². The van der Waals surface area contributed by atoms with Crippen LogP contribution in [0, 0.1) is 6.92 Å². The van der Waals surface area contributed by atoms with E-state index in [-0.39, 0.29) is 16.3 Å². The molecular formula is C13H15N3O4S. The van der Waals surface area contributed by atoms with Crippen molar-refractivity contribution in [3.05, 3.63) is 41.9 Å². The van der Waals surface area contributed by atoms with Crippen LogP contribution in [0.25, 0.3) is 0 Å². The summed E-state index contributed by atoms with van der Waals surface area (Å²) >= 11 is 0. The Morgan fingerprint density at radius 1 is 1.33 bits per heavy atom. The maximum absolute atomic E-state index is 12.2. The van der Waals surface area contributed by atoms with Crippen LogP contribution in [0.1, 0.15) is 23.1 Å². The third-order valence-corrected chi connectivity index (χ3v) is 4.21. The number of aromatic carboxylic acids is 1. The van der Waals surface area contributed by atoms with Crippen LogP contribution >= 0.6 is 0 Å². The normalized spacial score (nSPS) is 11.3. The molecule has 2 rings (SSSR count). The monoisotopic (exact) mass is 309 g/mol. The SMILES string of the molecule is CCn1cc(S(=O)(=O)Nc2ccc(C(=O)O)cc2)nc1C. The minimum Gasteiger partial charge on any atom is -0.478 e. The number of carboxylic acid groups (broad SMARTS) is 1. The minimum absolute atomic E-state index is 0.0656. The largest absolute Gasteiger partial charge is 0.478 e. The Labute approximate surface area is 122 Å². The third-order valence-electron chi connectivity index (χ3n) is 2.95. The van der Waals surface area contributed by atoms with Gasteiger partial charge in [0.1, 0.15) is 5.82 Å². The number of aryl methyl sites for hydroxylation is 2. The van der Waals surface area contributed by atoms with Gasteiger partial charge in [0.15, 0.2) is 5.03 Å². The quantitative estimate of drug-likeness (QED) is 0.875. The van der Waals surface area contributed by atoms with Gasteiger partial charge in [-0.1, -0.05) is 0 Å². The number of carboxylic acids is 1. The molecule has 0 amide bonds. The summed E-state index contributed by atoms with van der Waals surface area (Å²) in [5, 5.41) is 8.73. The van der Waals surface area contributed by atoms with Gasteiger partial charge in [0.25, 0.3) is 10.0 Å². The highest BCUT2D eigenvalue weighted by atomic mass is 32.2. The fourth-order valence-corrected chi connectivity index (χ4v) is 2.89. The Morgan fingerprint density at radius 3 is 2.43 bits per heavy atom. The number of nitrogens with zero attached hydrogens (tertiary/aromatic N) is 2. The van der Waals surface area contributed by atoms with Crippen LogP contribution in [0.5, 0.6) is 0 Å². The number of aromatic nitrogens is 2. The summed E-state index contributed by atoms with van der Waals surface area (Å²) in [5.74, 6) is -0.458. The number of anilines is 1. The Balaban J connectivity index is 2.26. The molecule has 0 saturated heterocycles. The van der Waals surface area contributed by atoms with E-state index in [1.165, 1.54) is 30.5 Å². The maximum atomic E-state index is 12.2. The number of hydrogen-bond donors (Lipinski definition) is 2. The minimum atomic E-state index is -3.79. The number of sulfonamides is 1. The van der Waals surface area contributed by atoms with Crippen LogP contribution in [0.15, 0.2) is 35.5 Å². The first kappa shape index (κ1) is 15.0. The highest BCUT2D eigenvalue weighted by Gasteiger charge is 2.19. The molecule has 0 aliphatic rings. The average Bonchev–Trinajstić information content (AvgIpc) is 2.81. The standard InChI is InChI=1S/C13H15N3O4S/c1-3-16-8-12(14-9(16)2)21(19,20)15-11-6-4-10(5-7-11)13(17)18/h4-8,15H,3H2,1-2H3,(H,17,18). The molecule has 2 N–H and O–H groups in total. The van der Waals surface area contributed by atoms with Gasteiger partial charge in [0, 0.05) is 18.4 Å². The number of benzene rings is 1. The van der Waals surface area contributed by atoms with Crippen LogP contribution in [0.4, 0.5) is 5.69 Å². The van der Waals surface area contributed by atoms with Crippen molar-refractivity contribution in [1.29, 1.82) is 0 Å². The first-order valence-electron chi connectivity index (χ1n) is 6.23. The van der Waals surface area contributed by atoms with E-state index in [9.17, 15) is 13.2 Å². The Hall–Kier alpha value is -2.35. The van der Waals surface area contributed by atoms with Crippen LogP contribution < -0.4 is 4.72 Å². The number of imidazole rings is 1. The van der Waals surface area contributed by atoms with Crippen molar-refractivity contribution in [1.82, 2.24) is 9.55 Å². The Morgan fingerprint density at radius 2 is 1.95 bits per heavy atom. The molecule has 0 bridgehead atoms. The zero-order chi connectivity index (χ0) is 15.6. The summed E-state index contributed by atoms with van der Waals surface area (Å²) in [5.41, 5.74) is 0.368. The molecule has 1 aromatic heterocycles. The number of rotatable bonds is 5. The van der Waals surface area contributed by atoms with Crippen LogP contribution in [0.3, 0.4) is 0 Å². The molecule has 0 radical (unpaired) electrons. The summed E-state index contributed by atoms with van der Waals surface area (Å²) < 4.78 is 28.5. The summed E-state index contributed by atoms with van der Waals surface area (Å²) in [6, 6.07) is 5.45. The fourth-order valence-electron chi connectivity index (χ4n) is 1.82. The molecule has 0 aliphatic heterocycles. The first-order valence-corrected chi connectivity index (χ1v) is 7.71. The second-order valence-electron chi connectivity index (χ2n) is 4.40. The fraction of sp³-hybridized carbons (Fsp3) is 0.231. The molecule has 21 heavy (non-hydrogen) atoms. The van der Waals surface area contributed by atoms with E-state index in [4.69, 9.17) is 5.11 Å². The van der Waals surface area contributed by atoms with Gasteiger partial charge in [0.05, 0.1) is 5.56 Å². The van der Waals surface area contributed by atoms with E-state index in [2.05, 4.69) is 9.71 Å². The molecular weight excluding hydrogens is 294 g/mol. The van der Waals surface area contributed by atoms with Crippen LogP contribution in [0.2, 0.25) is 0 Å². The van der Waals surface area contributed by atoms with Gasteiger partial charge in [-0.15, -0.1) is 0 Å². The molecule has 7 nitrogen and oxygen atoms in total. The van der Waals surface area contributed by atoms with E-state index in [0.29, 0.717) is 12.4 Å². The van der Waals surface area contributed by atoms with Crippen molar-refractivity contribution in [2.75, 3.05) is 4.72 Å². The summed E-state index contributed by atoms with van der Waals surface area (Å²) in [6.45, 7) is 4.25. The molecule has 0 atom stereocenters. The van der Waals surface area contributed by atoms with Gasteiger partial charge >= 0.3 is 5.97 Å². The maximum Gasteiger partial charge on any atom is 0.335 e.